The summed E-state index contributed by atoms with van der Waals surface area (Å²) in [6, 6.07) is 12.4. The molecule has 1 fully saturated rings. The number of nitrogens with zero attached hydrogens (tertiary/aromatic N) is 2. The lowest BCUT2D eigenvalue weighted by atomic mass is 10.2. The maximum atomic E-state index is 12.6. The second-order valence-electron chi connectivity index (χ2n) is 6.49. The molecule has 150 valence electrons. The third kappa shape index (κ3) is 4.88. The Balaban J connectivity index is 1.47. The number of hydrogen-bond donors (Lipinski definition) is 1. The lowest BCUT2D eigenvalue weighted by molar-refractivity contribution is -0.137. The fourth-order valence-electron chi connectivity index (χ4n) is 3.07. The minimum Gasteiger partial charge on any atom is -0.497 e. The standard InChI is InChI=1S/C20H22F3N3O2/c1-28-18-8-6-17(7-9-18)25-10-12-26(13-11-25)19(27)14-24-16-4-2-15(3-5-16)20(21,22)23/h2-9,24H,10-14H2,1H3. The molecule has 0 aliphatic carbocycles. The van der Waals surface area contributed by atoms with E-state index < -0.39 is 11.7 Å². The van der Waals surface area contributed by atoms with Crippen LogP contribution in [0.2, 0.25) is 0 Å². The van der Waals surface area contributed by atoms with Gasteiger partial charge in [0.2, 0.25) is 5.91 Å². The van der Waals surface area contributed by atoms with Crippen molar-refractivity contribution < 1.29 is 22.7 Å². The molecular weight excluding hydrogens is 371 g/mol. The molecule has 0 saturated carbocycles. The summed E-state index contributed by atoms with van der Waals surface area (Å²) in [5.41, 5.74) is 0.855. The third-order valence-corrected chi connectivity index (χ3v) is 4.73. The average molecular weight is 393 g/mol. The number of halogens is 3. The SMILES string of the molecule is COc1ccc(N2CCN(C(=O)CNc3ccc(C(F)(F)F)cc3)CC2)cc1. The monoisotopic (exact) mass is 393 g/mol. The van der Waals surface area contributed by atoms with Crippen molar-refractivity contribution in [3.8, 4) is 5.75 Å². The Morgan fingerprint density at radius 3 is 2.14 bits per heavy atom. The van der Waals surface area contributed by atoms with Gasteiger partial charge in [-0.2, -0.15) is 13.2 Å². The summed E-state index contributed by atoms with van der Waals surface area (Å²) >= 11 is 0. The quantitative estimate of drug-likeness (QED) is 0.845. The lowest BCUT2D eigenvalue weighted by Gasteiger charge is -2.36. The number of nitrogens with one attached hydrogen (secondary N) is 1. The van der Waals surface area contributed by atoms with Crippen LogP contribution in [0.5, 0.6) is 5.75 Å². The Morgan fingerprint density at radius 2 is 1.61 bits per heavy atom. The molecule has 1 amide bonds. The summed E-state index contributed by atoms with van der Waals surface area (Å²) < 4.78 is 42.9. The van der Waals surface area contributed by atoms with E-state index in [1.54, 1.807) is 12.0 Å². The average Bonchev–Trinajstić information content (AvgIpc) is 2.72. The number of anilines is 2. The number of carbonyl (C=O) groups is 1. The Kier molecular flexibility index (Phi) is 5.96. The Labute approximate surface area is 161 Å². The first-order chi connectivity index (χ1) is 13.4. The number of methoxy groups -OCH3 is 1. The minimum atomic E-state index is -4.36. The number of alkyl halides is 3. The summed E-state index contributed by atoms with van der Waals surface area (Å²) in [5.74, 6) is 0.723. The number of amides is 1. The molecule has 1 heterocycles. The number of piperazine rings is 1. The van der Waals surface area contributed by atoms with Crippen LogP contribution in [0.1, 0.15) is 5.56 Å². The lowest BCUT2D eigenvalue weighted by Crippen LogP contribution is -2.50. The zero-order valence-electron chi connectivity index (χ0n) is 15.5. The van der Waals surface area contributed by atoms with Crippen LogP contribution in [0, 0.1) is 0 Å². The smallest absolute Gasteiger partial charge is 0.416 e. The van der Waals surface area contributed by atoms with Gasteiger partial charge in [0.25, 0.3) is 0 Å². The Morgan fingerprint density at radius 1 is 1.00 bits per heavy atom. The Bertz CT molecular complexity index is 784. The van der Waals surface area contributed by atoms with Crippen LogP contribution in [0.4, 0.5) is 24.5 Å². The van der Waals surface area contributed by atoms with E-state index in [9.17, 15) is 18.0 Å². The highest BCUT2D eigenvalue weighted by molar-refractivity contribution is 5.81. The minimum absolute atomic E-state index is 0.0495. The zero-order valence-corrected chi connectivity index (χ0v) is 15.5. The van der Waals surface area contributed by atoms with Gasteiger partial charge in [-0.05, 0) is 48.5 Å². The van der Waals surface area contributed by atoms with Crippen molar-refractivity contribution in [1.29, 1.82) is 0 Å². The number of carbonyl (C=O) groups excluding carboxylic acids is 1. The molecule has 0 atom stereocenters. The highest BCUT2D eigenvalue weighted by Gasteiger charge is 2.30. The van der Waals surface area contributed by atoms with E-state index in [0.717, 1.165) is 36.7 Å². The molecule has 28 heavy (non-hydrogen) atoms. The van der Waals surface area contributed by atoms with Crippen molar-refractivity contribution in [3.63, 3.8) is 0 Å². The topological polar surface area (TPSA) is 44.8 Å². The van der Waals surface area contributed by atoms with Gasteiger partial charge in [0.1, 0.15) is 5.75 Å². The largest absolute Gasteiger partial charge is 0.497 e. The molecule has 2 aromatic rings. The molecule has 1 saturated heterocycles. The maximum absolute atomic E-state index is 12.6. The molecular formula is C20H22F3N3O2. The van der Waals surface area contributed by atoms with Gasteiger partial charge in [0, 0.05) is 37.6 Å². The van der Waals surface area contributed by atoms with E-state index in [2.05, 4.69) is 10.2 Å². The van der Waals surface area contributed by atoms with E-state index in [1.807, 2.05) is 24.3 Å². The zero-order chi connectivity index (χ0) is 20.1. The second-order valence-corrected chi connectivity index (χ2v) is 6.49. The highest BCUT2D eigenvalue weighted by atomic mass is 19.4. The van der Waals surface area contributed by atoms with Crippen molar-refractivity contribution in [2.45, 2.75) is 6.18 Å². The van der Waals surface area contributed by atoms with Gasteiger partial charge in [-0.1, -0.05) is 0 Å². The number of benzene rings is 2. The summed E-state index contributed by atoms with van der Waals surface area (Å²) in [4.78, 5) is 16.3. The van der Waals surface area contributed by atoms with E-state index in [4.69, 9.17) is 4.74 Å². The van der Waals surface area contributed by atoms with E-state index >= 15 is 0 Å². The molecule has 1 aliphatic rings. The molecule has 0 radical (unpaired) electrons. The molecule has 2 aromatic carbocycles. The maximum Gasteiger partial charge on any atom is 0.416 e. The first-order valence-electron chi connectivity index (χ1n) is 8.95. The van der Waals surface area contributed by atoms with Gasteiger partial charge in [-0.3, -0.25) is 4.79 Å². The summed E-state index contributed by atoms with van der Waals surface area (Å²) in [6.45, 7) is 2.68. The van der Waals surface area contributed by atoms with Crippen LogP contribution >= 0.6 is 0 Å². The van der Waals surface area contributed by atoms with Gasteiger partial charge in [0.15, 0.2) is 0 Å². The van der Waals surface area contributed by atoms with Crippen LogP contribution in [0.25, 0.3) is 0 Å². The number of hydrogen-bond acceptors (Lipinski definition) is 4. The van der Waals surface area contributed by atoms with Crippen LogP contribution < -0.4 is 15.0 Å². The van der Waals surface area contributed by atoms with Crippen LogP contribution in [-0.4, -0.2) is 50.6 Å². The van der Waals surface area contributed by atoms with Crippen LogP contribution in [-0.2, 0) is 11.0 Å². The van der Waals surface area contributed by atoms with Crippen molar-refractivity contribution in [1.82, 2.24) is 4.90 Å². The molecule has 8 heteroatoms. The summed E-state index contributed by atoms with van der Waals surface area (Å²) in [7, 11) is 1.62. The molecule has 0 aromatic heterocycles. The number of rotatable bonds is 5. The van der Waals surface area contributed by atoms with E-state index in [1.165, 1.54) is 12.1 Å². The van der Waals surface area contributed by atoms with Crippen molar-refractivity contribution >= 4 is 17.3 Å². The molecule has 0 spiro atoms. The normalized spacial score (nSPS) is 14.7. The summed E-state index contributed by atoms with van der Waals surface area (Å²) in [6.07, 6.45) is -4.36. The summed E-state index contributed by atoms with van der Waals surface area (Å²) in [5, 5.41) is 2.89. The molecule has 0 unspecified atom stereocenters. The molecule has 5 nitrogen and oxygen atoms in total. The first-order valence-corrected chi connectivity index (χ1v) is 8.95. The van der Waals surface area contributed by atoms with Crippen LogP contribution in [0.3, 0.4) is 0 Å². The van der Waals surface area contributed by atoms with Gasteiger partial charge >= 0.3 is 6.18 Å². The van der Waals surface area contributed by atoms with Gasteiger partial charge in [-0.15, -0.1) is 0 Å². The van der Waals surface area contributed by atoms with Gasteiger partial charge in [-0.25, -0.2) is 0 Å². The van der Waals surface area contributed by atoms with Crippen molar-refractivity contribution in [2.75, 3.05) is 50.1 Å². The van der Waals surface area contributed by atoms with Crippen molar-refractivity contribution in [2.24, 2.45) is 0 Å². The third-order valence-electron chi connectivity index (χ3n) is 4.73. The fourth-order valence-corrected chi connectivity index (χ4v) is 3.07. The first kappa shape index (κ1) is 19.9. The van der Waals surface area contributed by atoms with Gasteiger partial charge in [0.05, 0.1) is 19.2 Å². The highest BCUT2D eigenvalue weighted by Crippen LogP contribution is 2.29. The van der Waals surface area contributed by atoms with Crippen molar-refractivity contribution in [3.05, 3.63) is 54.1 Å². The molecule has 1 aliphatic heterocycles. The molecule has 1 N–H and O–H groups in total. The fraction of sp³-hybridized carbons (Fsp3) is 0.350. The Hall–Kier alpha value is -2.90. The number of ether oxygens (including phenoxy) is 1. The van der Waals surface area contributed by atoms with Gasteiger partial charge < -0.3 is 19.9 Å². The molecule has 0 bridgehead atoms. The second kappa shape index (κ2) is 8.41. The van der Waals surface area contributed by atoms with E-state index in [-0.39, 0.29) is 12.5 Å². The predicted molar refractivity (Wildman–Crippen MR) is 102 cm³/mol. The predicted octanol–water partition coefficient (Wildman–Crippen LogP) is 3.47. The van der Waals surface area contributed by atoms with E-state index in [0.29, 0.717) is 18.8 Å². The van der Waals surface area contributed by atoms with Crippen LogP contribution in [0.15, 0.2) is 48.5 Å². The molecule has 3 rings (SSSR count).